The van der Waals surface area contributed by atoms with Gasteiger partial charge in [0.1, 0.15) is 11.7 Å². The lowest BCUT2D eigenvalue weighted by Crippen LogP contribution is -2.12. The van der Waals surface area contributed by atoms with Crippen LogP contribution in [0.4, 0.5) is 11.4 Å². The first kappa shape index (κ1) is 19.9. The third-order valence-electron chi connectivity index (χ3n) is 4.79. The summed E-state index contributed by atoms with van der Waals surface area (Å²) in [6.07, 6.45) is 1.38. The highest BCUT2D eigenvalue weighted by molar-refractivity contribution is 6.05. The number of anilines is 1. The molecule has 0 bridgehead atoms. The maximum atomic E-state index is 12.4. The number of nitrogens with one attached hydrogen (secondary N) is 1. The molecule has 0 unspecified atom stereocenters. The summed E-state index contributed by atoms with van der Waals surface area (Å²) in [4.78, 5) is 43.6. The van der Waals surface area contributed by atoms with Crippen LogP contribution in [-0.2, 0) is 0 Å². The van der Waals surface area contributed by atoms with E-state index in [1.165, 1.54) is 26.2 Å². The van der Waals surface area contributed by atoms with Gasteiger partial charge in [0.15, 0.2) is 24.3 Å². The highest BCUT2D eigenvalue weighted by atomic mass is 16.5. The quantitative estimate of drug-likeness (QED) is 0.290. The number of hydrogen-bond donors (Lipinski definition) is 2. The van der Waals surface area contributed by atoms with Crippen molar-refractivity contribution >= 4 is 34.2 Å². The van der Waals surface area contributed by atoms with Gasteiger partial charge in [-0.1, -0.05) is 12.1 Å². The van der Waals surface area contributed by atoms with Crippen LogP contribution >= 0.6 is 0 Å². The highest BCUT2D eigenvalue weighted by Crippen LogP contribution is 2.26. The van der Waals surface area contributed by atoms with Gasteiger partial charge >= 0.3 is 0 Å². The van der Waals surface area contributed by atoms with Crippen molar-refractivity contribution in [2.45, 2.75) is 6.92 Å². The molecule has 154 valence electrons. The van der Waals surface area contributed by atoms with Crippen molar-refractivity contribution in [1.29, 1.82) is 0 Å². The van der Waals surface area contributed by atoms with E-state index in [4.69, 9.17) is 0 Å². The second-order valence-corrected chi connectivity index (χ2v) is 6.95. The van der Waals surface area contributed by atoms with Gasteiger partial charge in [0.25, 0.3) is 11.6 Å². The monoisotopic (exact) mass is 416 g/mol. The fraction of sp³-hybridized carbons (Fsp3) is 0.0909. The Morgan fingerprint density at radius 3 is 2.29 bits per heavy atom. The molecule has 31 heavy (non-hydrogen) atoms. The molecule has 4 rings (SSSR count). The van der Waals surface area contributed by atoms with Crippen LogP contribution in [0.25, 0.3) is 22.6 Å². The third-order valence-corrected chi connectivity index (χ3v) is 4.79. The van der Waals surface area contributed by atoms with E-state index in [0.717, 1.165) is 4.73 Å². The lowest BCUT2D eigenvalue weighted by atomic mass is 10.1. The Hall–Kier alpha value is -4.40. The highest BCUT2D eigenvalue weighted by Gasteiger charge is 2.17. The molecule has 0 aliphatic rings. The number of hydrogen-bond acceptors (Lipinski definition) is 6. The molecule has 1 amide bonds. The van der Waals surface area contributed by atoms with Gasteiger partial charge < -0.3 is 10.5 Å². The summed E-state index contributed by atoms with van der Waals surface area (Å²) in [5.74, 6) is -0.120. The van der Waals surface area contributed by atoms with Crippen molar-refractivity contribution in [3.8, 4) is 11.4 Å². The molecule has 0 saturated heterocycles. The molecular weight excluding hydrogens is 398 g/mol. The fourth-order valence-corrected chi connectivity index (χ4v) is 3.06. The van der Waals surface area contributed by atoms with Crippen molar-refractivity contribution in [2.75, 3.05) is 12.4 Å². The van der Waals surface area contributed by atoms with Gasteiger partial charge in [-0.3, -0.25) is 9.59 Å². The van der Waals surface area contributed by atoms with Gasteiger partial charge in [0, 0.05) is 38.1 Å². The van der Waals surface area contributed by atoms with E-state index >= 15 is 0 Å². The number of nitrogens with zero attached hydrogens (tertiary/aromatic N) is 4. The molecule has 0 spiro atoms. The Bertz CT molecular complexity index is 1320. The van der Waals surface area contributed by atoms with E-state index < -0.39 is 0 Å². The molecular formula is C22H18N5O4+. The standard InChI is InChI=1S/C22H17N5O4/c1-13(28)14-3-5-16(6-4-14)22(29)24-17-9-7-15(8-10-17)21-25-20-19(27(21)31)11-18(12-23-20)26(2)30/h3-12H,1-2H3,(H-,23,24,25,29,30,31)/p+1. The number of aromatic nitrogens is 3. The zero-order valence-corrected chi connectivity index (χ0v) is 16.7. The van der Waals surface area contributed by atoms with Crippen LogP contribution in [0.15, 0.2) is 60.8 Å². The average Bonchev–Trinajstić information content (AvgIpc) is 3.10. The van der Waals surface area contributed by atoms with Crippen LogP contribution in [0.2, 0.25) is 0 Å². The summed E-state index contributed by atoms with van der Waals surface area (Å²) in [5.41, 5.74) is 3.02. The van der Waals surface area contributed by atoms with E-state index in [1.807, 2.05) is 0 Å². The summed E-state index contributed by atoms with van der Waals surface area (Å²) in [6.45, 7) is 1.47. The van der Waals surface area contributed by atoms with Gasteiger partial charge in [0.05, 0.1) is 0 Å². The molecule has 2 heterocycles. The molecule has 0 aliphatic carbocycles. The topological polar surface area (TPSA) is 117 Å². The van der Waals surface area contributed by atoms with E-state index in [9.17, 15) is 19.7 Å². The number of carbonyl (C=O) groups excluding carboxylic acids is 2. The second kappa shape index (κ2) is 7.79. The molecule has 2 aromatic carbocycles. The normalized spacial score (nSPS) is 10.8. The lowest BCUT2D eigenvalue weighted by Gasteiger charge is -2.07. The Kier molecular flexibility index (Phi) is 5.00. The number of imidazole rings is 1. The summed E-state index contributed by atoms with van der Waals surface area (Å²) in [5, 5.41) is 13.3. The first-order valence-corrected chi connectivity index (χ1v) is 9.35. The molecule has 0 radical (unpaired) electrons. The minimum atomic E-state index is -0.310. The van der Waals surface area contributed by atoms with Gasteiger partial charge in [-0.25, -0.2) is 9.97 Å². The number of nitroso groups, excluding NO2 is 1. The predicted molar refractivity (Wildman–Crippen MR) is 114 cm³/mol. The van der Waals surface area contributed by atoms with E-state index in [0.29, 0.717) is 44.0 Å². The molecule has 2 aromatic heterocycles. The molecule has 2 N–H and O–H groups in total. The molecule has 0 atom stereocenters. The van der Waals surface area contributed by atoms with Crippen molar-refractivity contribution in [3.63, 3.8) is 0 Å². The van der Waals surface area contributed by atoms with Crippen LogP contribution in [0, 0.1) is 4.91 Å². The molecule has 9 nitrogen and oxygen atoms in total. The molecule has 0 fully saturated rings. The zero-order chi connectivity index (χ0) is 22.1. The minimum Gasteiger partial charge on any atom is -0.426 e. The smallest absolute Gasteiger partial charge is 0.276 e. The van der Waals surface area contributed by atoms with Crippen molar-refractivity contribution in [1.82, 2.24) is 14.7 Å². The van der Waals surface area contributed by atoms with E-state index in [2.05, 4.69) is 15.3 Å². The third kappa shape index (κ3) is 3.88. The van der Waals surface area contributed by atoms with Crippen molar-refractivity contribution < 1.29 is 19.6 Å². The Morgan fingerprint density at radius 2 is 1.68 bits per heavy atom. The second-order valence-electron chi connectivity index (χ2n) is 6.95. The number of pyridine rings is 1. The van der Waals surface area contributed by atoms with Crippen molar-refractivity contribution in [3.05, 3.63) is 76.8 Å². The Morgan fingerprint density at radius 1 is 1.03 bits per heavy atom. The fourth-order valence-electron chi connectivity index (χ4n) is 3.06. The van der Waals surface area contributed by atoms with Gasteiger partial charge in [-0.15, -0.1) is 0 Å². The Labute approximate surface area is 176 Å². The summed E-state index contributed by atoms with van der Waals surface area (Å²) in [7, 11) is 1.34. The molecule has 4 aromatic rings. The minimum absolute atomic E-state index is 0.0658. The van der Waals surface area contributed by atoms with E-state index in [-0.39, 0.29) is 17.5 Å². The summed E-state index contributed by atoms with van der Waals surface area (Å²) < 4.78 is 1.52. The van der Waals surface area contributed by atoms with Crippen LogP contribution in [0.3, 0.4) is 0 Å². The molecule has 0 saturated carbocycles. The number of Topliss-reactive ketones (excluding diaryl/α,β-unsaturated/α-hetero) is 1. The number of rotatable bonds is 5. The first-order chi connectivity index (χ1) is 14.8. The lowest BCUT2D eigenvalue weighted by molar-refractivity contribution is -0.428. The summed E-state index contributed by atoms with van der Waals surface area (Å²) >= 11 is 0. The predicted octanol–water partition coefficient (Wildman–Crippen LogP) is 3.83. The first-order valence-electron chi connectivity index (χ1n) is 9.35. The van der Waals surface area contributed by atoms with Crippen LogP contribution in [0.1, 0.15) is 27.6 Å². The number of fused-ring (bicyclic) bond motifs is 1. The molecule has 9 heteroatoms. The van der Waals surface area contributed by atoms with Crippen molar-refractivity contribution in [2.24, 2.45) is 0 Å². The number of amides is 1. The average molecular weight is 416 g/mol. The van der Waals surface area contributed by atoms with E-state index in [1.54, 1.807) is 48.5 Å². The Balaban J connectivity index is 1.55. The largest absolute Gasteiger partial charge is 0.426 e. The van der Waals surface area contributed by atoms with Crippen LogP contribution in [-0.4, -0.2) is 43.4 Å². The maximum Gasteiger partial charge on any atom is 0.276 e. The number of carbonyl (C=O) groups is 2. The number of ketones is 1. The van der Waals surface area contributed by atoms with Crippen LogP contribution in [0.5, 0.6) is 0 Å². The number of benzene rings is 2. The van der Waals surface area contributed by atoms with Gasteiger partial charge in [-0.2, -0.15) is 4.73 Å². The van der Waals surface area contributed by atoms with Gasteiger partial charge in [-0.05, 0) is 43.3 Å². The SMILES string of the molecule is CC(=O)c1ccc(C(=O)Nc2ccc(-c3nc4ncc([N+](C)=O)cc4n3O)cc2)cc1. The van der Waals surface area contributed by atoms with Gasteiger partial charge in [0.2, 0.25) is 0 Å². The zero-order valence-electron chi connectivity index (χ0n) is 16.7. The molecule has 0 aliphatic heterocycles. The summed E-state index contributed by atoms with van der Waals surface area (Å²) in [6, 6.07) is 14.7. The maximum absolute atomic E-state index is 12.4. The van der Waals surface area contributed by atoms with Crippen LogP contribution < -0.4 is 5.32 Å².